The Labute approximate surface area is 144 Å². The molecule has 1 aliphatic carbocycles. The Kier molecular flexibility index (Phi) is 3.75. The molecule has 3 aromatic rings. The molecule has 0 atom stereocenters. The molecule has 2 heterocycles. The van der Waals surface area contributed by atoms with Crippen molar-refractivity contribution < 1.29 is 13.9 Å². The summed E-state index contributed by atoms with van der Waals surface area (Å²) in [6.07, 6.45) is 5.42. The molecule has 0 radical (unpaired) electrons. The van der Waals surface area contributed by atoms with Crippen LogP contribution in [0.1, 0.15) is 30.1 Å². The molecule has 0 aliphatic heterocycles. The summed E-state index contributed by atoms with van der Waals surface area (Å²) in [7, 11) is 3.04. The van der Waals surface area contributed by atoms with Gasteiger partial charge in [0, 0.05) is 28.8 Å². The molecule has 0 amide bonds. The van der Waals surface area contributed by atoms with E-state index in [-0.39, 0.29) is 11.7 Å². The third-order valence-electron chi connectivity index (χ3n) is 4.50. The minimum Gasteiger partial charge on any atom is -0.496 e. The number of hydrogen-bond donors (Lipinski definition) is 0. The Morgan fingerprint density at radius 3 is 2.48 bits per heavy atom. The molecular weight excluding hydrogens is 321 g/mol. The Morgan fingerprint density at radius 1 is 1.04 bits per heavy atom. The third kappa shape index (κ3) is 2.67. The van der Waals surface area contributed by atoms with Gasteiger partial charge in [-0.25, -0.2) is 14.4 Å². The van der Waals surface area contributed by atoms with Crippen molar-refractivity contribution in [1.82, 2.24) is 15.0 Å². The van der Waals surface area contributed by atoms with Gasteiger partial charge in [-0.15, -0.1) is 0 Å². The predicted octanol–water partition coefficient (Wildman–Crippen LogP) is 4.03. The second kappa shape index (κ2) is 5.95. The third-order valence-corrected chi connectivity index (χ3v) is 4.50. The van der Waals surface area contributed by atoms with Crippen LogP contribution in [0.5, 0.6) is 11.5 Å². The predicted molar refractivity (Wildman–Crippen MR) is 92.5 cm³/mol. The zero-order chi connectivity index (χ0) is 17.6. The fraction of sp³-hybridized carbons (Fsp3) is 0.316. The smallest absolute Gasteiger partial charge is 0.174 e. The van der Waals surface area contributed by atoms with Crippen molar-refractivity contribution >= 4 is 10.9 Å². The number of nitrogens with zero attached hydrogens (tertiary/aromatic N) is 3. The summed E-state index contributed by atoms with van der Waals surface area (Å²) in [6, 6.07) is 3.43. The van der Waals surface area contributed by atoms with E-state index in [1.165, 1.54) is 7.11 Å². The topological polar surface area (TPSA) is 57.1 Å². The van der Waals surface area contributed by atoms with Gasteiger partial charge in [-0.3, -0.25) is 4.98 Å². The SMILES string of the molecule is COc1cc(OC)c(C2CC2)c(-c2cc3cnc(C)nc3cn2)c1F. The lowest BCUT2D eigenvalue weighted by Crippen LogP contribution is -2.02. The fourth-order valence-electron chi connectivity index (χ4n) is 3.13. The van der Waals surface area contributed by atoms with Crippen molar-refractivity contribution in [3.8, 4) is 22.8 Å². The summed E-state index contributed by atoms with van der Waals surface area (Å²) >= 11 is 0. The molecule has 0 N–H and O–H groups in total. The average molecular weight is 339 g/mol. The number of halogens is 1. The summed E-state index contributed by atoms with van der Waals surface area (Å²) in [4.78, 5) is 13.0. The van der Waals surface area contributed by atoms with E-state index in [2.05, 4.69) is 15.0 Å². The molecule has 1 fully saturated rings. The normalized spacial score (nSPS) is 13.9. The number of ether oxygens (including phenoxy) is 2. The highest BCUT2D eigenvalue weighted by atomic mass is 19.1. The van der Waals surface area contributed by atoms with Crippen molar-refractivity contribution in [1.29, 1.82) is 0 Å². The monoisotopic (exact) mass is 339 g/mol. The van der Waals surface area contributed by atoms with Gasteiger partial charge in [-0.2, -0.15) is 0 Å². The first-order valence-electron chi connectivity index (χ1n) is 8.16. The average Bonchev–Trinajstić information content (AvgIpc) is 3.45. The molecule has 0 unspecified atom stereocenters. The Bertz CT molecular complexity index is 971. The summed E-state index contributed by atoms with van der Waals surface area (Å²) in [5.41, 5.74) is 2.58. The molecule has 1 aliphatic rings. The summed E-state index contributed by atoms with van der Waals surface area (Å²) < 4.78 is 25.8. The summed E-state index contributed by atoms with van der Waals surface area (Å²) in [6.45, 7) is 1.82. The van der Waals surface area contributed by atoms with Crippen LogP contribution in [-0.4, -0.2) is 29.2 Å². The first kappa shape index (κ1) is 15.7. The maximum atomic E-state index is 15.1. The molecule has 4 rings (SSSR count). The lowest BCUT2D eigenvalue weighted by Gasteiger charge is -2.17. The lowest BCUT2D eigenvalue weighted by molar-refractivity contribution is 0.372. The van der Waals surface area contributed by atoms with E-state index in [0.29, 0.717) is 22.8 Å². The standard InChI is InChI=1S/C19H18FN3O2/c1-10-21-8-12-6-13(22-9-14(12)23-10)18-17(11-4-5-11)15(24-2)7-16(25-3)19(18)20/h6-9,11H,4-5H2,1-3H3. The van der Waals surface area contributed by atoms with Gasteiger partial charge < -0.3 is 9.47 Å². The van der Waals surface area contributed by atoms with Crippen molar-refractivity contribution in [2.45, 2.75) is 25.7 Å². The molecule has 25 heavy (non-hydrogen) atoms. The number of pyridine rings is 1. The van der Waals surface area contributed by atoms with Crippen LogP contribution in [-0.2, 0) is 0 Å². The molecule has 0 spiro atoms. The van der Waals surface area contributed by atoms with Crippen LogP contribution in [0, 0.1) is 12.7 Å². The summed E-state index contributed by atoms with van der Waals surface area (Å²) in [5.74, 6) is 1.34. The zero-order valence-electron chi connectivity index (χ0n) is 14.3. The first-order chi connectivity index (χ1) is 12.1. The van der Waals surface area contributed by atoms with Crippen molar-refractivity contribution in [3.05, 3.63) is 41.7 Å². The molecule has 1 aromatic carbocycles. The number of fused-ring (bicyclic) bond motifs is 1. The van der Waals surface area contributed by atoms with E-state index in [1.54, 1.807) is 25.6 Å². The van der Waals surface area contributed by atoms with Crippen LogP contribution >= 0.6 is 0 Å². The maximum absolute atomic E-state index is 15.1. The highest BCUT2D eigenvalue weighted by molar-refractivity contribution is 5.83. The minimum atomic E-state index is -0.412. The van der Waals surface area contributed by atoms with Crippen LogP contribution in [0.15, 0.2) is 24.5 Å². The number of aromatic nitrogens is 3. The largest absolute Gasteiger partial charge is 0.496 e. The number of benzene rings is 1. The molecule has 0 bridgehead atoms. The van der Waals surface area contributed by atoms with Crippen molar-refractivity contribution in [3.63, 3.8) is 0 Å². The maximum Gasteiger partial charge on any atom is 0.174 e. The highest BCUT2D eigenvalue weighted by Crippen LogP contribution is 2.51. The quantitative estimate of drug-likeness (QED) is 0.718. The molecule has 0 saturated heterocycles. The van der Waals surface area contributed by atoms with Gasteiger partial charge in [-0.05, 0) is 31.7 Å². The molecule has 2 aromatic heterocycles. The van der Waals surface area contributed by atoms with Gasteiger partial charge in [0.25, 0.3) is 0 Å². The fourth-order valence-corrected chi connectivity index (χ4v) is 3.13. The van der Waals surface area contributed by atoms with Crippen LogP contribution in [0.3, 0.4) is 0 Å². The van der Waals surface area contributed by atoms with Gasteiger partial charge in [0.05, 0.1) is 31.6 Å². The van der Waals surface area contributed by atoms with Crippen molar-refractivity contribution in [2.75, 3.05) is 14.2 Å². The van der Waals surface area contributed by atoms with Crippen LogP contribution in [0.4, 0.5) is 4.39 Å². The van der Waals surface area contributed by atoms with Gasteiger partial charge in [0.2, 0.25) is 0 Å². The minimum absolute atomic E-state index is 0.151. The number of hydrogen-bond acceptors (Lipinski definition) is 5. The first-order valence-corrected chi connectivity index (χ1v) is 8.16. The van der Waals surface area contributed by atoms with E-state index >= 15 is 4.39 Å². The second-order valence-corrected chi connectivity index (χ2v) is 6.20. The van der Waals surface area contributed by atoms with Crippen LogP contribution in [0.25, 0.3) is 22.2 Å². The second-order valence-electron chi connectivity index (χ2n) is 6.20. The summed E-state index contributed by atoms with van der Waals surface area (Å²) in [5, 5.41) is 0.818. The Morgan fingerprint density at radius 2 is 1.80 bits per heavy atom. The van der Waals surface area contributed by atoms with Crippen molar-refractivity contribution in [2.24, 2.45) is 0 Å². The molecular formula is C19H18FN3O2. The molecule has 128 valence electrons. The van der Waals surface area contributed by atoms with Crippen LogP contribution in [0.2, 0.25) is 0 Å². The van der Waals surface area contributed by atoms with Gasteiger partial charge in [0.15, 0.2) is 11.6 Å². The highest BCUT2D eigenvalue weighted by Gasteiger charge is 2.33. The Hall–Kier alpha value is -2.76. The molecule has 1 saturated carbocycles. The molecule has 5 nitrogen and oxygen atoms in total. The van der Waals surface area contributed by atoms with E-state index in [9.17, 15) is 0 Å². The lowest BCUT2D eigenvalue weighted by atomic mass is 9.97. The Balaban J connectivity index is 1.99. The number of aryl methyl sites for hydroxylation is 1. The zero-order valence-corrected chi connectivity index (χ0v) is 14.3. The van der Waals surface area contributed by atoms with E-state index < -0.39 is 5.82 Å². The van der Waals surface area contributed by atoms with E-state index in [4.69, 9.17) is 9.47 Å². The van der Waals surface area contributed by atoms with Crippen LogP contribution < -0.4 is 9.47 Å². The molecule has 6 heteroatoms. The van der Waals surface area contributed by atoms with Gasteiger partial charge >= 0.3 is 0 Å². The van der Waals surface area contributed by atoms with Gasteiger partial charge in [-0.1, -0.05) is 0 Å². The number of rotatable bonds is 4. The van der Waals surface area contributed by atoms with E-state index in [0.717, 1.165) is 29.3 Å². The van der Waals surface area contributed by atoms with E-state index in [1.807, 2.05) is 13.0 Å². The number of methoxy groups -OCH3 is 2. The van der Waals surface area contributed by atoms with Gasteiger partial charge in [0.1, 0.15) is 11.6 Å².